The normalized spacial score (nSPS) is 13.7. The Bertz CT molecular complexity index is 785. The number of hydrogen-bond donors (Lipinski definition) is 1. The molecule has 0 heterocycles. The van der Waals surface area contributed by atoms with Crippen LogP contribution < -0.4 is 5.32 Å². The molecule has 41 heavy (non-hydrogen) atoms. The standard InChI is InChI=1S/C31H56N2O7S/c1-23(2)12-9-13-24(3)14-10-15-25(4)16-11-17-26(5)18-19-41-22-27(30(36)40-8)32-31(37)33(20-28(34)38-6)21-29(35)39-7/h18,23-25,27H,9-17,19-22H2,1-8H3,(H,32,37)/b26-18+/t24?,25?,27-/m0/s1. The van der Waals surface area contributed by atoms with Crippen molar-refractivity contribution in [1.29, 1.82) is 0 Å². The zero-order valence-electron chi connectivity index (χ0n) is 26.8. The van der Waals surface area contributed by atoms with Crippen molar-refractivity contribution in [3.63, 3.8) is 0 Å². The molecule has 1 N–H and O–H groups in total. The third kappa shape index (κ3) is 20.3. The van der Waals surface area contributed by atoms with E-state index in [0.717, 1.165) is 35.5 Å². The topological polar surface area (TPSA) is 111 Å². The summed E-state index contributed by atoms with van der Waals surface area (Å²) < 4.78 is 14.0. The van der Waals surface area contributed by atoms with Gasteiger partial charge >= 0.3 is 23.9 Å². The minimum absolute atomic E-state index is 0.277. The van der Waals surface area contributed by atoms with Crippen LogP contribution in [0.2, 0.25) is 0 Å². The van der Waals surface area contributed by atoms with Gasteiger partial charge < -0.3 is 24.4 Å². The maximum absolute atomic E-state index is 12.7. The van der Waals surface area contributed by atoms with E-state index in [9.17, 15) is 19.2 Å². The molecule has 3 atom stereocenters. The number of amides is 2. The highest BCUT2D eigenvalue weighted by atomic mass is 32.2. The molecule has 0 aliphatic heterocycles. The lowest BCUT2D eigenvalue weighted by atomic mass is 9.91. The number of rotatable bonds is 22. The Labute approximate surface area is 252 Å². The Morgan fingerprint density at radius 2 is 1.29 bits per heavy atom. The number of urea groups is 1. The van der Waals surface area contributed by atoms with Gasteiger partial charge in [0.05, 0.1) is 21.3 Å². The summed E-state index contributed by atoms with van der Waals surface area (Å²) in [4.78, 5) is 49.3. The van der Waals surface area contributed by atoms with Crippen molar-refractivity contribution in [1.82, 2.24) is 10.2 Å². The van der Waals surface area contributed by atoms with Crippen LogP contribution >= 0.6 is 11.8 Å². The van der Waals surface area contributed by atoms with Crippen LogP contribution in [0.15, 0.2) is 11.6 Å². The monoisotopic (exact) mass is 600 g/mol. The van der Waals surface area contributed by atoms with Gasteiger partial charge in [-0.05, 0) is 37.5 Å². The number of nitrogens with one attached hydrogen (secondary N) is 1. The fourth-order valence-corrected chi connectivity index (χ4v) is 5.38. The first-order chi connectivity index (χ1) is 19.4. The molecule has 2 amide bonds. The van der Waals surface area contributed by atoms with Crippen LogP contribution in [0.25, 0.3) is 0 Å². The zero-order chi connectivity index (χ0) is 31.2. The first kappa shape index (κ1) is 38.8. The van der Waals surface area contributed by atoms with E-state index in [0.29, 0.717) is 5.75 Å². The van der Waals surface area contributed by atoms with Crippen LogP contribution in [0.3, 0.4) is 0 Å². The minimum atomic E-state index is -0.942. The van der Waals surface area contributed by atoms with E-state index in [-0.39, 0.29) is 5.75 Å². The second-order valence-electron chi connectivity index (χ2n) is 11.5. The summed E-state index contributed by atoms with van der Waals surface area (Å²) in [6.45, 7) is 10.6. The third-order valence-electron chi connectivity index (χ3n) is 7.14. The number of nitrogens with zero attached hydrogens (tertiary/aromatic N) is 1. The summed E-state index contributed by atoms with van der Waals surface area (Å²) >= 11 is 1.49. The van der Waals surface area contributed by atoms with Gasteiger partial charge in [-0.1, -0.05) is 84.3 Å². The molecule has 0 aromatic carbocycles. The van der Waals surface area contributed by atoms with Crippen LogP contribution in [-0.4, -0.2) is 80.8 Å². The molecule has 2 unspecified atom stereocenters. The lowest BCUT2D eigenvalue weighted by molar-refractivity contribution is -0.144. The SMILES string of the molecule is COC(=O)CN(CC(=O)OC)C(=O)N[C@@H](CSC/C=C(\C)CCCC(C)CCCC(C)CCCC(C)C)C(=O)OC. The Kier molecular flexibility index (Phi) is 22.1. The van der Waals surface area contributed by atoms with Crippen molar-refractivity contribution in [3.05, 3.63) is 11.6 Å². The molecule has 0 saturated carbocycles. The van der Waals surface area contributed by atoms with Crippen LogP contribution in [0.5, 0.6) is 0 Å². The van der Waals surface area contributed by atoms with Crippen LogP contribution in [0.1, 0.15) is 92.4 Å². The Morgan fingerprint density at radius 1 is 0.780 bits per heavy atom. The van der Waals surface area contributed by atoms with Gasteiger partial charge in [-0.15, -0.1) is 0 Å². The largest absolute Gasteiger partial charge is 0.468 e. The highest BCUT2D eigenvalue weighted by Gasteiger charge is 2.27. The van der Waals surface area contributed by atoms with Crippen molar-refractivity contribution in [3.8, 4) is 0 Å². The number of carbonyl (C=O) groups excluding carboxylic acids is 4. The van der Waals surface area contributed by atoms with Crippen molar-refractivity contribution in [2.45, 2.75) is 98.4 Å². The second kappa shape index (κ2) is 23.3. The van der Waals surface area contributed by atoms with E-state index in [1.54, 1.807) is 0 Å². The first-order valence-electron chi connectivity index (χ1n) is 14.9. The number of methoxy groups -OCH3 is 3. The fourth-order valence-electron chi connectivity index (χ4n) is 4.39. The average molecular weight is 601 g/mol. The van der Waals surface area contributed by atoms with Crippen molar-refractivity contribution < 1.29 is 33.4 Å². The Balaban J connectivity index is 4.52. The molecule has 9 nitrogen and oxygen atoms in total. The lowest BCUT2D eigenvalue weighted by Gasteiger charge is -2.23. The molecule has 0 saturated heterocycles. The molecule has 0 aromatic rings. The van der Waals surface area contributed by atoms with Gasteiger partial charge in [0.1, 0.15) is 19.1 Å². The van der Waals surface area contributed by atoms with Gasteiger partial charge in [-0.3, -0.25) is 9.59 Å². The zero-order valence-corrected chi connectivity index (χ0v) is 27.6. The van der Waals surface area contributed by atoms with Crippen LogP contribution in [-0.2, 0) is 28.6 Å². The molecule has 0 aromatic heterocycles. The van der Waals surface area contributed by atoms with Gasteiger partial charge in [0.2, 0.25) is 0 Å². The van der Waals surface area contributed by atoms with Crippen molar-refractivity contribution >= 4 is 35.7 Å². The predicted molar refractivity (Wildman–Crippen MR) is 166 cm³/mol. The van der Waals surface area contributed by atoms with Gasteiger partial charge in [-0.2, -0.15) is 11.8 Å². The van der Waals surface area contributed by atoms with E-state index < -0.39 is 43.1 Å². The molecule has 0 fully saturated rings. The van der Waals surface area contributed by atoms with Crippen molar-refractivity contribution in [2.75, 3.05) is 45.9 Å². The molecular formula is C31H56N2O7S. The summed E-state index contributed by atoms with van der Waals surface area (Å²) in [6.07, 6.45) is 13.6. The number of thioether (sulfide) groups is 1. The van der Waals surface area contributed by atoms with E-state index in [4.69, 9.17) is 4.74 Å². The van der Waals surface area contributed by atoms with E-state index in [1.165, 1.54) is 83.6 Å². The molecule has 0 spiro atoms. The molecule has 0 aliphatic carbocycles. The number of esters is 3. The highest BCUT2D eigenvalue weighted by Crippen LogP contribution is 2.22. The third-order valence-corrected chi connectivity index (χ3v) is 8.11. The summed E-state index contributed by atoms with van der Waals surface area (Å²) in [5.41, 5.74) is 1.31. The molecule has 10 heteroatoms. The fraction of sp³-hybridized carbons (Fsp3) is 0.806. The number of hydrogen-bond acceptors (Lipinski definition) is 8. The van der Waals surface area contributed by atoms with E-state index in [2.05, 4.69) is 55.5 Å². The first-order valence-corrected chi connectivity index (χ1v) is 16.1. The van der Waals surface area contributed by atoms with E-state index >= 15 is 0 Å². The van der Waals surface area contributed by atoms with Crippen molar-refractivity contribution in [2.24, 2.45) is 17.8 Å². The summed E-state index contributed by atoms with van der Waals surface area (Å²) in [7, 11) is 3.60. The molecule has 0 aliphatic rings. The lowest BCUT2D eigenvalue weighted by Crippen LogP contribution is -2.52. The number of ether oxygens (including phenoxy) is 3. The smallest absolute Gasteiger partial charge is 0.329 e. The summed E-state index contributed by atoms with van der Waals surface area (Å²) in [6, 6.07) is -1.71. The second-order valence-corrected chi connectivity index (χ2v) is 12.6. The molecule has 0 bridgehead atoms. The van der Waals surface area contributed by atoms with Gasteiger partial charge in [0.25, 0.3) is 0 Å². The molecule has 238 valence electrons. The maximum atomic E-state index is 12.7. The summed E-state index contributed by atoms with van der Waals surface area (Å²) in [5.74, 6) is 1.32. The summed E-state index contributed by atoms with van der Waals surface area (Å²) in [5, 5.41) is 2.55. The molecule has 0 rings (SSSR count). The van der Waals surface area contributed by atoms with Crippen LogP contribution in [0.4, 0.5) is 4.79 Å². The highest BCUT2D eigenvalue weighted by molar-refractivity contribution is 7.99. The van der Waals surface area contributed by atoms with Gasteiger partial charge in [0, 0.05) is 11.5 Å². The number of carbonyl (C=O) groups is 4. The van der Waals surface area contributed by atoms with E-state index in [1.807, 2.05) is 0 Å². The van der Waals surface area contributed by atoms with Crippen LogP contribution in [0, 0.1) is 17.8 Å². The molecule has 0 radical (unpaired) electrons. The minimum Gasteiger partial charge on any atom is -0.468 e. The predicted octanol–water partition coefficient (Wildman–Crippen LogP) is 6.00. The van der Waals surface area contributed by atoms with Gasteiger partial charge in [0.15, 0.2) is 0 Å². The Hall–Kier alpha value is -2.23. The van der Waals surface area contributed by atoms with Gasteiger partial charge in [-0.25, -0.2) is 9.59 Å². The maximum Gasteiger partial charge on any atom is 0.329 e. The molecular weight excluding hydrogens is 544 g/mol. The Morgan fingerprint density at radius 3 is 1.78 bits per heavy atom. The number of allylic oxidation sites excluding steroid dienone is 1. The quantitative estimate of drug-likeness (QED) is 0.0697. The average Bonchev–Trinajstić information content (AvgIpc) is 2.93.